The van der Waals surface area contributed by atoms with Gasteiger partial charge in [-0.3, -0.25) is 0 Å². The van der Waals surface area contributed by atoms with Gasteiger partial charge in [0.05, 0.1) is 22.4 Å². The molecule has 0 amide bonds. The van der Waals surface area contributed by atoms with Crippen LogP contribution in [0.25, 0.3) is 78.6 Å². The van der Waals surface area contributed by atoms with Crippen molar-refractivity contribution in [1.82, 2.24) is 4.57 Å². The van der Waals surface area contributed by atoms with Gasteiger partial charge < -0.3 is 9.47 Å². The molecule has 4 heteroatoms. The van der Waals surface area contributed by atoms with E-state index >= 15 is 0 Å². The average Bonchev–Trinajstić information content (AvgIpc) is 3.85. The number of benzene rings is 8. The fraction of sp³-hybridized carbons (Fsp3) is 0. The van der Waals surface area contributed by atoms with Crippen molar-refractivity contribution < 1.29 is 0 Å². The van der Waals surface area contributed by atoms with Crippen LogP contribution in [0.2, 0.25) is 0 Å². The number of para-hydroxylation sites is 3. The fourth-order valence-corrected chi connectivity index (χ4v) is 10.4. The Hall–Kier alpha value is -5.94. The molecule has 50 heavy (non-hydrogen) atoms. The Kier molecular flexibility index (Phi) is 6.03. The van der Waals surface area contributed by atoms with Crippen molar-refractivity contribution in [2.45, 2.75) is 0 Å². The van der Waals surface area contributed by atoms with Gasteiger partial charge in [-0.25, -0.2) is 0 Å². The minimum atomic E-state index is 1.15. The van der Waals surface area contributed by atoms with Gasteiger partial charge in [-0.05, 0) is 65.4 Å². The first-order valence-electron chi connectivity index (χ1n) is 16.9. The highest BCUT2D eigenvalue weighted by Gasteiger charge is 2.24. The summed E-state index contributed by atoms with van der Waals surface area (Å²) < 4.78 is 7.68. The van der Waals surface area contributed by atoms with E-state index in [2.05, 4.69) is 179 Å². The van der Waals surface area contributed by atoms with Crippen molar-refractivity contribution >= 4 is 113 Å². The molecule has 0 saturated carbocycles. The van der Waals surface area contributed by atoms with Crippen LogP contribution in [0.5, 0.6) is 0 Å². The Labute approximate surface area is 296 Å². The van der Waals surface area contributed by atoms with Gasteiger partial charge in [0.2, 0.25) is 0 Å². The second-order valence-electron chi connectivity index (χ2n) is 12.9. The van der Waals surface area contributed by atoms with E-state index in [1.807, 2.05) is 22.7 Å². The minimum Gasteiger partial charge on any atom is -0.308 e. The molecule has 0 unspecified atom stereocenters. The van der Waals surface area contributed by atoms with E-state index in [1.165, 1.54) is 78.6 Å². The molecule has 234 valence electrons. The van der Waals surface area contributed by atoms with E-state index in [0.29, 0.717) is 0 Å². The van der Waals surface area contributed by atoms with Crippen LogP contribution >= 0.6 is 22.7 Å². The average molecular weight is 673 g/mol. The van der Waals surface area contributed by atoms with Crippen LogP contribution in [-0.2, 0) is 0 Å². The topological polar surface area (TPSA) is 8.17 Å². The summed E-state index contributed by atoms with van der Waals surface area (Å²) in [5.41, 5.74) is 7.02. The minimum absolute atomic E-state index is 1.15. The van der Waals surface area contributed by atoms with Crippen LogP contribution in [0.4, 0.5) is 17.1 Å². The zero-order chi connectivity index (χ0) is 32.8. The van der Waals surface area contributed by atoms with Crippen molar-refractivity contribution in [3.05, 3.63) is 170 Å². The number of aromatic nitrogens is 1. The second kappa shape index (κ2) is 10.8. The zero-order valence-corrected chi connectivity index (χ0v) is 28.5. The monoisotopic (exact) mass is 672 g/mol. The number of anilines is 3. The normalized spacial score (nSPS) is 12.0. The largest absolute Gasteiger partial charge is 0.308 e. The SMILES string of the molecule is c1ccc(-n2c3ccccc3c3cccc(N(c4ccc5c(c4)sc4c6ccccc6ccc54)c4cccc5sc6ccccc6c45)c32)cc1. The van der Waals surface area contributed by atoms with Crippen LogP contribution in [-0.4, -0.2) is 4.57 Å². The maximum absolute atomic E-state index is 2.52. The molecule has 3 heterocycles. The van der Waals surface area contributed by atoms with Crippen LogP contribution in [0.15, 0.2) is 170 Å². The predicted octanol–water partition coefficient (Wildman–Crippen LogP) is 14.1. The number of hydrogen-bond donors (Lipinski definition) is 0. The molecule has 11 aromatic rings. The highest BCUT2D eigenvalue weighted by molar-refractivity contribution is 7.27. The highest BCUT2D eigenvalue weighted by Crippen LogP contribution is 2.49. The van der Waals surface area contributed by atoms with E-state index in [4.69, 9.17) is 0 Å². The van der Waals surface area contributed by atoms with Crippen molar-refractivity contribution in [3.8, 4) is 5.69 Å². The van der Waals surface area contributed by atoms with Crippen molar-refractivity contribution in [2.24, 2.45) is 0 Å². The molecule has 0 atom stereocenters. The van der Waals surface area contributed by atoms with Crippen LogP contribution in [0.3, 0.4) is 0 Å². The summed E-state index contributed by atoms with van der Waals surface area (Å²) in [4.78, 5) is 2.52. The molecule has 0 N–H and O–H groups in total. The van der Waals surface area contributed by atoms with Crippen LogP contribution < -0.4 is 4.90 Å². The molecule has 0 aliphatic rings. The Bertz CT molecular complexity index is 3110. The first kappa shape index (κ1) is 28.0. The number of hydrogen-bond acceptors (Lipinski definition) is 3. The lowest BCUT2D eigenvalue weighted by Gasteiger charge is -2.28. The van der Waals surface area contributed by atoms with Crippen molar-refractivity contribution in [1.29, 1.82) is 0 Å². The Morgan fingerprint density at radius 2 is 1.12 bits per heavy atom. The first-order chi connectivity index (χ1) is 24.8. The lowest BCUT2D eigenvalue weighted by atomic mass is 10.0. The van der Waals surface area contributed by atoms with Gasteiger partial charge in [-0.1, -0.05) is 115 Å². The van der Waals surface area contributed by atoms with E-state index in [9.17, 15) is 0 Å². The van der Waals surface area contributed by atoms with Gasteiger partial charge in [0, 0.05) is 62.5 Å². The maximum Gasteiger partial charge on any atom is 0.0782 e. The number of rotatable bonds is 4. The van der Waals surface area contributed by atoms with Gasteiger partial charge >= 0.3 is 0 Å². The summed E-state index contributed by atoms with van der Waals surface area (Å²) in [6, 6.07) is 62.4. The molecule has 0 bridgehead atoms. The summed E-state index contributed by atoms with van der Waals surface area (Å²) in [7, 11) is 0. The Morgan fingerprint density at radius 3 is 2.04 bits per heavy atom. The second-order valence-corrected chi connectivity index (χ2v) is 15.0. The molecule has 8 aromatic carbocycles. The van der Waals surface area contributed by atoms with E-state index in [0.717, 1.165) is 17.1 Å². The van der Waals surface area contributed by atoms with Crippen LogP contribution in [0, 0.1) is 0 Å². The number of fused-ring (bicyclic) bond motifs is 11. The quantitative estimate of drug-likeness (QED) is 0.181. The molecule has 0 saturated heterocycles. The predicted molar refractivity (Wildman–Crippen MR) is 219 cm³/mol. The summed E-state index contributed by atoms with van der Waals surface area (Å²) in [6.45, 7) is 0. The van der Waals surface area contributed by atoms with E-state index < -0.39 is 0 Å². The zero-order valence-electron chi connectivity index (χ0n) is 26.9. The van der Waals surface area contributed by atoms with Gasteiger partial charge in [-0.2, -0.15) is 0 Å². The van der Waals surface area contributed by atoms with Gasteiger partial charge in [0.25, 0.3) is 0 Å². The third kappa shape index (κ3) is 4.01. The van der Waals surface area contributed by atoms with E-state index in [1.54, 1.807) is 0 Å². The summed E-state index contributed by atoms with van der Waals surface area (Å²) >= 11 is 3.77. The number of thiophene rings is 2. The Balaban J connectivity index is 1.27. The lowest BCUT2D eigenvalue weighted by molar-refractivity contribution is 1.17. The first-order valence-corrected chi connectivity index (χ1v) is 18.6. The standard InChI is InChI=1S/C46H28N2S2/c1-2-13-30(14-3-1)48-38-19-8-6-16-33(38)35-18-10-21-40(45(35)48)47(39-20-11-23-42-44(39)37-17-7-9-22-41(37)49-42)31-25-27-34-36-26-24-29-12-4-5-15-32(29)46(36)50-43(34)28-31/h1-28H. The lowest BCUT2D eigenvalue weighted by Crippen LogP contribution is -2.12. The fourth-order valence-electron chi connectivity index (χ4n) is 8.01. The molecule has 0 aliphatic carbocycles. The summed E-state index contributed by atoms with van der Waals surface area (Å²) in [6.07, 6.45) is 0. The molecule has 0 aliphatic heterocycles. The van der Waals surface area contributed by atoms with E-state index in [-0.39, 0.29) is 0 Å². The van der Waals surface area contributed by atoms with Gasteiger partial charge in [-0.15, -0.1) is 22.7 Å². The number of nitrogens with zero attached hydrogens (tertiary/aromatic N) is 2. The molecule has 0 spiro atoms. The van der Waals surface area contributed by atoms with Crippen molar-refractivity contribution in [2.75, 3.05) is 4.90 Å². The third-order valence-electron chi connectivity index (χ3n) is 10.2. The van der Waals surface area contributed by atoms with Gasteiger partial charge in [0.15, 0.2) is 0 Å². The summed E-state index contributed by atoms with van der Waals surface area (Å²) in [5.74, 6) is 0. The molecular formula is C46H28N2S2. The molecule has 11 rings (SSSR count). The molecule has 0 fully saturated rings. The third-order valence-corrected chi connectivity index (χ3v) is 12.5. The molecule has 2 nitrogen and oxygen atoms in total. The van der Waals surface area contributed by atoms with Crippen molar-refractivity contribution in [3.63, 3.8) is 0 Å². The highest BCUT2D eigenvalue weighted by atomic mass is 32.1. The smallest absolute Gasteiger partial charge is 0.0782 e. The molecule has 0 radical (unpaired) electrons. The summed E-state index contributed by atoms with van der Waals surface area (Å²) in [5, 5.41) is 10.3. The molecule has 3 aromatic heterocycles. The Morgan fingerprint density at radius 1 is 0.420 bits per heavy atom. The molecular weight excluding hydrogens is 645 g/mol. The maximum atomic E-state index is 2.52. The van der Waals surface area contributed by atoms with Crippen LogP contribution in [0.1, 0.15) is 0 Å². The van der Waals surface area contributed by atoms with Gasteiger partial charge in [0.1, 0.15) is 0 Å².